The SMILES string of the molecule is CCc1cccc(OCCC(C#N)c2c(C)noc2C)c1. The largest absolute Gasteiger partial charge is 0.494 e. The third-order valence-corrected chi connectivity index (χ3v) is 3.57. The Bertz CT molecular complexity index is 621. The van der Waals surface area contributed by atoms with Crippen LogP contribution in [0.4, 0.5) is 0 Å². The van der Waals surface area contributed by atoms with Crippen LogP contribution in [0.5, 0.6) is 5.75 Å². The van der Waals surface area contributed by atoms with Crippen LogP contribution in [-0.2, 0) is 6.42 Å². The highest BCUT2D eigenvalue weighted by Gasteiger charge is 2.20. The first-order chi connectivity index (χ1) is 10.2. The van der Waals surface area contributed by atoms with Crippen molar-refractivity contribution in [1.82, 2.24) is 5.16 Å². The number of nitrogens with zero attached hydrogens (tertiary/aromatic N) is 2. The minimum absolute atomic E-state index is 0.245. The van der Waals surface area contributed by atoms with Gasteiger partial charge in [0, 0.05) is 12.0 Å². The Kier molecular flexibility index (Phi) is 4.99. The van der Waals surface area contributed by atoms with Crippen LogP contribution in [-0.4, -0.2) is 11.8 Å². The molecule has 0 N–H and O–H groups in total. The van der Waals surface area contributed by atoms with Crippen LogP contribution in [0, 0.1) is 25.2 Å². The summed E-state index contributed by atoms with van der Waals surface area (Å²) in [5.41, 5.74) is 2.92. The van der Waals surface area contributed by atoms with E-state index in [-0.39, 0.29) is 5.92 Å². The van der Waals surface area contributed by atoms with Gasteiger partial charge in [0.15, 0.2) is 0 Å². The van der Waals surface area contributed by atoms with E-state index < -0.39 is 0 Å². The molecule has 21 heavy (non-hydrogen) atoms. The number of rotatable bonds is 6. The standard InChI is InChI=1S/C17H20N2O2/c1-4-14-6-5-7-16(10-14)20-9-8-15(11-18)17-12(2)19-21-13(17)3/h5-7,10,15H,4,8-9H2,1-3H3. The lowest BCUT2D eigenvalue weighted by Gasteiger charge is -2.11. The molecule has 0 saturated heterocycles. The lowest BCUT2D eigenvalue weighted by Crippen LogP contribution is -2.06. The molecule has 1 atom stereocenters. The highest BCUT2D eigenvalue weighted by Crippen LogP contribution is 2.26. The van der Waals surface area contributed by atoms with Crippen molar-refractivity contribution in [2.45, 2.75) is 39.5 Å². The predicted octanol–water partition coefficient (Wildman–Crippen LogP) is 3.93. The normalized spacial score (nSPS) is 11.9. The highest BCUT2D eigenvalue weighted by atomic mass is 16.5. The van der Waals surface area contributed by atoms with Gasteiger partial charge in [-0.15, -0.1) is 0 Å². The van der Waals surface area contributed by atoms with Gasteiger partial charge in [-0.05, 0) is 38.0 Å². The van der Waals surface area contributed by atoms with Crippen molar-refractivity contribution in [2.24, 2.45) is 0 Å². The van der Waals surface area contributed by atoms with Crippen LogP contribution in [0.2, 0.25) is 0 Å². The minimum Gasteiger partial charge on any atom is -0.494 e. The minimum atomic E-state index is -0.245. The fraction of sp³-hybridized carbons (Fsp3) is 0.412. The van der Waals surface area contributed by atoms with Crippen LogP contribution in [0.25, 0.3) is 0 Å². The van der Waals surface area contributed by atoms with Crippen molar-refractivity contribution >= 4 is 0 Å². The highest BCUT2D eigenvalue weighted by molar-refractivity contribution is 5.31. The van der Waals surface area contributed by atoms with Gasteiger partial charge < -0.3 is 9.26 Å². The molecule has 0 spiro atoms. The van der Waals surface area contributed by atoms with Crippen molar-refractivity contribution in [3.05, 3.63) is 46.8 Å². The maximum absolute atomic E-state index is 9.35. The molecule has 0 amide bonds. The number of hydrogen-bond acceptors (Lipinski definition) is 4. The van der Waals surface area contributed by atoms with Gasteiger partial charge in [0.1, 0.15) is 11.5 Å². The summed E-state index contributed by atoms with van der Waals surface area (Å²) in [6.45, 7) is 6.31. The Hall–Kier alpha value is -2.28. The topological polar surface area (TPSA) is 59.0 Å². The summed E-state index contributed by atoms with van der Waals surface area (Å²) in [6, 6.07) is 10.4. The van der Waals surface area contributed by atoms with E-state index in [4.69, 9.17) is 9.26 Å². The molecule has 0 radical (unpaired) electrons. The lowest BCUT2D eigenvalue weighted by atomic mass is 9.96. The van der Waals surface area contributed by atoms with E-state index in [0.717, 1.165) is 23.4 Å². The molecule has 0 bridgehead atoms. The van der Waals surface area contributed by atoms with E-state index in [1.54, 1.807) is 0 Å². The van der Waals surface area contributed by atoms with Gasteiger partial charge in [-0.3, -0.25) is 0 Å². The molecule has 0 fully saturated rings. The Labute approximate surface area is 125 Å². The van der Waals surface area contributed by atoms with Gasteiger partial charge in [0.25, 0.3) is 0 Å². The molecule has 1 heterocycles. The first-order valence-corrected chi connectivity index (χ1v) is 7.19. The summed E-state index contributed by atoms with van der Waals surface area (Å²) < 4.78 is 10.9. The lowest BCUT2D eigenvalue weighted by molar-refractivity contribution is 0.305. The van der Waals surface area contributed by atoms with Crippen LogP contribution < -0.4 is 4.74 Å². The molecule has 110 valence electrons. The molecular weight excluding hydrogens is 264 g/mol. The van der Waals surface area contributed by atoms with Crippen molar-refractivity contribution in [2.75, 3.05) is 6.61 Å². The quantitative estimate of drug-likeness (QED) is 0.806. The molecule has 2 rings (SSSR count). The average Bonchev–Trinajstić information content (AvgIpc) is 2.83. The van der Waals surface area contributed by atoms with Crippen molar-refractivity contribution in [3.63, 3.8) is 0 Å². The molecule has 2 aromatic rings. The van der Waals surface area contributed by atoms with E-state index in [1.165, 1.54) is 5.56 Å². The van der Waals surface area contributed by atoms with E-state index in [1.807, 2.05) is 32.0 Å². The van der Waals surface area contributed by atoms with Gasteiger partial charge in [0.05, 0.1) is 24.3 Å². The molecular formula is C17H20N2O2. The van der Waals surface area contributed by atoms with Crippen molar-refractivity contribution < 1.29 is 9.26 Å². The van der Waals surface area contributed by atoms with Gasteiger partial charge in [-0.25, -0.2) is 0 Å². The molecule has 4 nitrogen and oxygen atoms in total. The first kappa shape index (κ1) is 15.1. The van der Waals surface area contributed by atoms with Crippen molar-refractivity contribution in [1.29, 1.82) is 5.26 Å². The number of hydrogen-bond donors (Lipinski definition) is 0. The van der Waals surface area contributed by atoms with Gasteiger partial charge in [0.2, 0.25) is 0 Å². The summed E-state index contributed by atoms with van der Waals surface area (Å²) in [5, 5.41) is 13.3. The van der Waals surface area contributed by atoms with Crippen LogP contribution >= 0.6 is 0 Å². The number of aromatic nitrogens is 1. The van der Waals surface area contributed by atoms with Crippen LogP contribution in [0.1, 0.15) is 41.8 Å². The van der Waals surface area contributed by atoms with Gasteiger partial charge >= 0.3 is 0 Å². The Morgan fingerprint density at radius 1 is 1.38 bits per heavy atom. The maximum Gasteiger partial charge on any atom is 0.138 e. The van der Waals surface area contributed by atoms with Gasteiger partial charge in [-0.1, -0.05) is 24.2 Å². The third kappa shape index (κ3) is 3.63. The summed E-state index contributed by atoms with van der Waals surface area (Å²) in [6.07, 6.45) is 1.60. The summed E-state index contributed by atoms with van der Waals surface area (Å²) in [7, 11) is 0. The Morgan fingerprint density at radius 3 is 2.81 bits per heavy atom. The molecule has 0 saturated carbocycles. The van der Waals surface area contributed by atoms with Crippen molar-refractivity contribution in [3.8, 4) is 11.8 Å². The number of ether oxygens (including phenoxy) is 1. The second-order valence-corrected chi connectivity index (χ2v) is 5.06. The predicted molar refractivity (Wildman–Crippen MR) is 80.3 cm³/mol. The molecule has 1 aromatic heterocycles. The molecule has 4 heteroatoms. The van der Waals surface area contributed by atoms with E-state index in [0.29, 0.717) is 18.8 Å². The average molecular weight is 284 g/mol. The zero-order valence-corrected chi connectivity index (χ0v) is 12.7. The van der Waals surface area contributed by atoms with E-state index >= 15 is 0 Å². The van der Waals surface area contributed by atoms with Gasteiger partial charge in [-0.2, -0.15) is 5.26 Å². The molecule has 0 aliphatic carbocycles. The van der Waals surface area contributed by atoms with Crippen LogP contribution in [0.3, 0.4) is 0 Å². The number of benzene rings is 1. The molecule has 1 aromatic carbocycles. The monoisotopic (exact) mass is 284 g/mol. The van der Waals surface area contributed by atoms with E-state index in [9.17, 15) is 5.26 Å². The second-order valence-electron chi connectivity index (χ2n) is 5.06. The summed E-state index contributed by atoms with van der Waals surface area (Å²) in [4.78, 5) is 0. The molecule has 0 aliphatic heterocycles. The Balaban J connectivity index is 1.97. The first-order valence-electron chi connectivity index (χ1n) is 7.19. The smallest absolute Gasteiger partial charge is 0.138 e. The Morgan fingerprint density at radius 2 is 2.19 bits per heavy atom. The maximum atomic E-state index is 9.35. The van der Waals surface area contributed by atoms with Crippen LogP contribution in [0.15, 0.2) is 28.8 Å². The molecule has 1 unspecified atom stereocenters. The summed E-state index contributed by atoms with van der Waals surface area (Å²) >= 11 is 0. The third-order valence-electron chi connectivity index (χ3n) is 3.57. The van der Waals surface area contributed by atoms with E-state index in [2.05, 4.69) is 24.2 Å². The fourth-order valence-corrected chi connectivity index (χ4v) is 2.41. The summed E-state index contributed by atoms with van der Waals surface area (Å²) in [5.74, 6) is 1.32. The number of nitriles is 1. The second kappa shape index (κ2) is 6.94. The zero-order valence-electron chi connectivity index (χ0n) is 12.7. The fourth-order valence-electron chi connectivity index (χ4n) is 2.41. The number of aryl methyl sites for hydroxylation is 3. The molecule has 0 aliphatic rings. The zero-order chi connectivity index (χ0) is 15.2.